The van der Waals surface area contributed by atoms with Crippen molar-refractivity contribution >= 4 is 17.2 Å². The molecule has 0 radical (unpaired) electrons. The van der Waals surface area contributed by atoms with Crippen LogP contribution in [0.3, 0.4) is 0 Å². The van der Waals surface area contributed by atoms with Crippen molar-refractivity contribution in [2.24, 2.45) is 0 Å². The summed E-state index contributed by atoms with van der Waals surface area (Å²) < 4.78 is 5.69. The lowest BCUT2D eigenvalue weighted by atomic mass is 10.2. The molecule has 1 unspecified atom stereocenters. The number of aryl methyl sites for hydroxylation is 1. The molecule has 3 rings (SSSR count). The van der Waals surface area contributed by atoms with Crippen molar-refractivity contribution in [3.8, 4) is 0 Å². The number of hydrogen-bond donors (Lipinski definition) is 1. The zero-order valence-electron chi connectivity index (χ0n) is 11.9. The number of rotatable bonds is 3. The quantitative estimate of drug-likeness (QED) is 0.920. The van der Waals surface area contributed by atoms with Crippen molar-refractivity contribution in [1.82, 2.24) is 15.2 Å². The Labute approximate surface area is 123 Å². The van der Waals surface area contributed by atoms with E-state index in [1.165, 1.54) is 11.3 Å². The number of ether oxygens (including phenoxy) is 1. The Kier molecular flexibility index (Phi) is 4.33. The molecule has 1 N–H and O–H groups in total. The Bertz CT molecular complexity index is 477. The molecule has 0 saturated carbocycles. The van der Waals surface area contributed by atoms with Gasteiger partial charge in [-0.05, 0) is 19.3 Å². The number of nitrogens with one attached hydrogen (secondary N) is 1. The minimum Gasteiger partial charge on any atom is -0.371 e. The van der Waals surface area contributed by atoms with Crippen LogP contribution in [0.15, 0.2) is 0 Å². The summed E-state index contributed by atoms with van der Waals surface area (Å²) in [4.78, 5) is 20.0. The second-order valence-corrected chi connectivity index (χ2v) is 6.26. The molecule has 1 aromatic rings. The predicted octanol–water partition coefficient (Wildman–Crippen LogP) is 1.60. The molecule has 2 saturated heterocycles. The van der Waals surface area contributed by atoms with Crippen molar-refractivity contribution in [3.05, 3.63) is 15.6 Å². The lowest BCUT2D eigenvalue weighted by molar-refractivity contribution is 0.0739. The predicted molar refractivity (Wildman–Crippen MR) is 78.2 cm³/mol. The standard InChI is InChI=1S/C14H21N3O2S/c1-2-10-12(14(18)17-7-5-15-6-8-17)20-13(16-10)11-4-3-9-19-11/h11,15H,2-9H2,1H3. The van der Waals surface area contributed by atoms with Crippen LogP contribution >= 0.6 is 11.3 Å². The first-order valence-corrected chi connectivity index (χ1v) is 8.22. The van der Waals surface area contributed by atoms with Gasteiger partial charge in [-0.2, -0.15) is 0 Å². The molecule has 0 aromatic carbocycles. The molecule has 2 aliphatic heterocycles. The monoisotopic (exact) mass is 295 g/mol. The Morgan fingerprint density at radius 3 is 2.95 bits per heavy atom. The van der Waals surface area contributed by atoms with E-state index in [2.05, 4.69) is 17.2 Å². The van der Waals surface area contributed by atoms with Crippen LogP contribution in [0.2, 0.25) is 0 Å². The molecule has 0 bridgehead atoms. The van der Waals surface area contributed by atoms with E-state index >= 15 is 0 Å². The molecule has 1 aromatic heterocycles. The molecule has 5 nitrogen and oxygen atoms in total. The second kappa shape index (κ2) is 6.20. The summed E-state index contributed by atoms with van der Waals surface area (Å²) in [5.74, 6) is 0.144. The van der Waals surface area contributed by atoms with Gasteiger partial charge in [0, 0.05) is 32.8 Å². The van der Waals surface area contributed by atoms with Crippen LogP contribution in [0.25, 0.3) is 0 Å². The van der Waals surface area contributed by atoms with Crippen LogP contribution in [0.5, 0.6) is 0 Å². The lowest BCUT2D eigenvalue weighted by Crippen LogP contribution is -2.46. The van der Waals surface area contributed by atoms with Gasteiger partial charge in [-0.1, -0.05) is 6.92 Å². The number of carbonyl (C=O) groups excluding carboxylic acids is 1. The fourth-order valence-electron chi connectivity index (χ4n) is 2.70. The van der Waals surface area contributed by atoms with E-state index in [0.29, 0.717) is 0 Å². The van der Waals surface area contributed by atoms with Crippen molar-refractivity contribution in [2.75, 3.05) is 32.8 Å². The van der Waals surface area contributed by atoms with Gasteiger partial charge in [-0.15, -0.1) is 11.3 Å². The summed E-state index contributed by atoms with van der Waals surface area (Å²) >= 11 is 1.54. The van der Waals surface area contributed by atoms with Gasteiger partial charge in [0.1, 0.15) is 16.0 Å². The number of nitrogens with zero attached hydrogens (tertiary/aromatic N) is 2. The molecule has 1 amide bonds. The van der Waals surface area contributed by atoms with Gasteiger partial charge in [-0.25, -0.2) is 4.98 Å². The van der Waals surface area contributed by atoms with Crippen LogP contribution in [-0.4, -0.2) is 48.6 Å². The summed E-state index contributed by atoms with van der Waals surface area (Å²) in [5, 5.41) is 4.26. The van der Waals surface area contributed by atoms with Crippen LogP contribution in [-0.2, 0) is 11.2 Å². The molecule has 0 aliphatic carbocycles. The molecule has 20 heavy (non-hydrogen) atoms. The van der Waals surface area contributed by atoms with Gasteiger partial charge in [0.25, 0.3) is 5.91 Å². The van der Waals surface area contributed by atoms with E-state index in [4.69, 9.17) is 4.74 Å². The van der Waals surface area contributed by atoms with E-state index in [1.54, 1.807) is 0 Å². The Morgan fingerprint density at radius 2 is 2.30 bits per heavy atom. The highest BCUT2D eigenvalue weighted by Gasteiger charge is 2.27. The average molecular weight is 295 g/mol. The van der Waals surface area contributed by atoms with E-state index in [-0.39, 0.29) is 12.0 Å². The van der Waals surface area contributed by atoms with E-state index in [1.807, 2.05) is 4.90 Å². The Hall–Kier alpha value is -0.980. The molecule has 3 heterocycles. The van der Waals surface area contributed by atoms with Gasteiger partial charge in [0.2, 0.25) is 0 Å². The first kappa shape index (κ1) is 14.0. The number of carbonyl (C=O) groups is 1. The zero-order chi connectivity index (χ0) is 13.9. The third-order valence-corrected chi connectivity index (χ3v) is 5.03. The summed E-state index contributed by atoms with van der Waals surface area (Å²) in [6, 6.07) is 0. The summed E-state index contributed by atoms with van der Waals surface area (Å²) in [7, 11) is 0. The van der Waals surface area contributed by atoms with Gasteiger partial charge in [-0.3, -0.25) is 4.79 Å². The number of amides is 1. The van der Waals surface area contributed by atoms with Gasteiger partial charge in [0.05, 0.1) is 5.69 Å². The molecule has 2 fully saturated rings. The molecular weight excluding hydrogens is 274 g/mol. The van der Waals surface area contributed by atoms with Crippen molar-refractivity contribution < 1.29 is 9.53 Å². The molecular formula is C14H21N3O2S. The fraction of sp³-hybridized carbons (Fsp3) is 0.714. The minimum atomic E-state index is 0.106. The summed E-state index contributed by atoms with van der Waals surface area (Å²) in [6.07, 6.45) is 3.02. The third kappa shape index (κ3) is 2.73. The van der Waals surface area contributed by atoms with E-state index < -0.39 is 0 Å². The smallest absolute Gasteiger partial charge is 0.265 e. The third-order valence-electron chi connectivity index (χ3n) is 3.85. The molecule has 110 valence electrons. The highest BCUT2D eigenvalue weighted by atomic mass is 32.1. The van der Waals surface area contributed by atoms with Gasteiger partial charge < -0.3 is 15.0 Å². The zero-order valence-corrected chi connectivity index (χ0v) is 12.7. The maximum absolute atomic E-state index is 12.6. The first-order chi connectivity index (χ1) is 9.79. The molecule has 2 aliphatic rings. The van der Waals surface area contributed by atoms with Crippen molar-refractivity contribution in [2.45, 2.75) is 32.3 Å². The SMILES string of the molecule is CCc1nc(C2CCCO2)sc1C(=O)N1CCNCC1. The Balaban J connectivity index is 1.81. The number of aromatic nitrogens is 1. The normalized spacial score (nSPS) is 23.2. The maximum atomic E-state index is 12.6. The Morgan fingerprint density at radius 1 is 1.50 bits per heavy atom. The van der Waals surface area contributed by atoms with E-state index in [0.717, 1.165) is 67.6 Å². The average Bonchev–Trinajstić information content (AvgIpc) is 3.16. The lowest BCUT2D eigenvalue weighted by Gasteiger charge is -2.27. The highest BCUT2D eigenvalue weighted by molar-refractivity contribution is 7.13. The van der Waals surface area contributed by atoms with Crippen LogP contribution in [0, 0.1) is 0 Å². The van der Waals surface area contributed by atoms with Crippen LogP contribution in [0.4, 0.5) is 0 Å². The first-order valence-electron chi connectivity index (χ1n) is 7.40. The van der Waals surface area contributed by atoms with Gasteiger partial charge >= 0.3 is 0 Å². The van der Waals surface area contributed by atoms with Crippen molar-refractivity contribution in [1.29, 1.82) is 0 Å². The molecule has 0 spiro atoms. The summed E-state index contributed by atoms with van der Waals surface area (Å²) in [5.41, 5.74) is 0.934. The van der Waals surface area contributed by atoms with Crippen molar-refractivity contribution in [3.63, 3.8) is 0 Å². The number of hydrogen-bond acceptors (Lipinski definition) is 5. The minimum absolute atomic E-state index is 0.106. The summed E-state index contributed by atoms with van der Waals surface area (Å²) in [6.45, 7) is 6.20. The fourth-order valence-corrected chi connectivity index (χ4v) is 3.90. The molecule has 6 heteroatoms. The van der Waals surface area contributed by atoms with E-state index in [9.17, 15) is 4.79 Å². The largest absolute Gasteiger partial charge is 0.371 e. The number of piperazine rings is 1. The molecule has 1 atom stereocenters. The highest BCUT2D eigenvalue weighted by Crippen LogP contribution is 2.33. The van der Waals surface area contributed by atoms with Crippen LogP contribution in [0.1, 0.15) is 46.2 Å². The second-order valence-electron chi connectivity index (χ2n) is 5.23. The maximum Gasteiger partial charge on any atom is 0.265 e. The van der Waals surface area contributed by atoms with Gasteiger partial charge in [0.15, 0.2) is 0 Å². The number of thiazole rings is 1. The van der Waals surface area contributed by atoms with Crippen LogP contribution < -0.4 is 5.32 Å². The topological polar surface area (TPSA) is 54.5 Å².